The molecule has 0 saturated carbocycles. The standard InChI is InChI=1S/C13H16ClNO3/c1-2-3-4-8-11(16)15-10-7-5-6-9(14)12(10)13(17)18/h5-7H,2-4,8H2,1H3,(H,15,16)(H,17,18). The highest BCUT2D eigenvalue weighted by Gasteiger charge is 2.15. The second-order valence-corrected chi connectivity index (χ2v) is 4.38. The predicted molar refractivity (Wildman–Crippen MR) is 71.2 cm³/mol. The van der Waals surface area contributed by atoms with Crippen LogP contribution in [0.4, 0.5) is 5.69 Å². The number of aromatic carboxylic acids is 1. The van der Waals surface area contributed by atoms with Crippen molar-refractivity contribution in [3.8, 4) is 0 Å². The summed E-state index contributed by atoms with van der Waals surface area (Å²) in [4.78, 5) is 22.7. The lowest BCUT2D eigenvalue weighted by Gasteiger charge is -2.09. The van der Waals surface area contributed by atoms with Crippen LogP contribution in [0.1, 0.15) is 43.0 Å². The van der Waals surface area contributed by atoms with E-state index in [1.165, 1.54) is 12.1 Å². The Bertz CT molecular complexity index is 446. The van der Waals surface area contributed by atoms with Crippen LogP contribution in [-0.2, 0) is 4.79 Å². The number of hydrogen-bond donors (Lipinski definition) is 2. The average Bonchev–Trinajstić information content (AvgIpc) is 2.28. The van der Waals surface area contributed by atoms with E-state index in [1.807, 2.05) is 0 Å². The fourth-order valence-corrected chi connectivity index (χ4v) is 1.85. The Balaban J connectivity index is 2.75. The lowest BCUT2D eigenvalue weighted by Crippen LogP contribution is -2.14. The van der Waals surface area contributed by atoms with E-state index >= 15 is 0 Å². The van der Waals surface area contributed by atoms with Crippen LogP contribution in [0, 0.1) is 0 Å². The van der Waals surface area contributed by atoms with Gasteiger partial charge in [-0.3, -0.25) is 4.79 Å². The highest BCUT2D eigenvalue weighted by molar-refractivity contribution is 6.34. The summed E-state index contributed by atoms with van der Waals surface area (Å²) in [7, 11) is 0. The number of carboxylic acid groups (broad SMARTS) is 1. The van der Waals surface area contributed by atoms with Crippen LogP contribution in [-0.4, -0.2) is 17.0 Å². The Hall–Kier alpha value is -1.55. The molecule has 0 radical (unpaired) electrons. The Morgan fingerprint density at radius 2 is 2.06 bits per heavy atom. The molecule has 0 saturated heterocycles. The number of benzene rings is 1. The van der Waals surface area contributed by atoms with Gasteiger partial charge in [-0.05, 0) is 18.6 Å². The van der Waals surface area contributed by atoms with Gasteiger partial charge in [0, 0.05) is 6.42 Å². The van der Waals surface area contributed by atoms with E-state index in [1.54, 1.807) is 6.07 Å². The van der Waals surface area contributed by atoms with E-state index in [0.29, 0.717) is 6.42 Å². The number of rotatable bonds is 6. The molecule has 0 fully saturated rings. The maximum absolute atomic E-state index is 11.6. The number of unbranched alkanes of at least 4 members (excludes halogenated alkanes) is 2. The van der Waals surface area contributed by atoms with Crippen molar-refractivity contribution in [1.82, 2.24) is 0 Å². The predicted octanol–water partition coefficient (Wildman–Crippen LogP) is 3.56. The van der Waals surface area contributed by atoms with Gasteiger partial charge in [0.05, 0.1) is 10.7 Å². The SMILES string of the molecule is CCCCCC(=O)Nc1cccc(Cl)c1C(=O)O. The van der Waals surface area contributed by atoms with Gasteiger partial charge in [0.2, 0.25) is 5.91 Å². The van der Waals surface area contributed by atoms with Gasteiger partial charge < -0.3 is 10.4 Å². The van der Waals surface area contributed by atoms with Gasteiger partial charge in [-0.25, -0.2) is 4.79 Å². The molecule has 0 aliphatic rings. The second kappa shape index (κ2) is 7.01. The van der Waals surface area contributed by atoms with Crippen LogP contribution in [0.5, 0.6) is 0 Å². The van der Waals surface area contributed by atoms with Crippen molar-refractivity contribution in [2.24, 2.45) is 0 Å². The van der Waals surface area contributed by atoms with Crippen molar-refractivity contribution >= 4 is 29.2 Å². The topological polar surface area (TPSA) is 66.4 Å². The van der Waals surface area contributed by atoms with Crippen molar-refractivity contribution in [1.29, 1.82) is 0 Å². The highest BCUT2D eigenvalue weighted by Crippen LogP contribution is 2.24. The maximum atomic E-state index is 11.6. The number of carbonyl (C=O) groups excluding carboxylic acids is 1. The van der Waals surface area contributed by atoms with Crippen LogP contribution >= 0.6 is 11.6 Å². The average molecular weight is 270 g/mol. The minimum Gasteiger partial charge on any atom is -0.478 e. The van der Waals surface area contributed by atoms with Crippen molar-refractivity contribution < 1.29 is 14.7 Å². The first-order valence-electron chi connectivity index (χ1n) is 5.88. The smallest absolute Gasteiger partial charge is 0.339 e. The fraction of sp³-hybridized carbons (Fsp3) is 0.385. The third-order valence-corrected chi connectivity index (χ3v) is 2.82. The molecule has 0 atom stereocenters. The molecular formula is C13H16ClNO3. The van der Waals surface area contributed by atoms with Gasteiger partial charge in [-0.15, -0.1) is 0 Å². The summed E-state index contributed by atoms with van der Waals surface area (Å²) in [6, 6.07) is 4.63. The molecule has 4 nitrogen and oxygen atoms in total. The molecule has 98 valence electrons. The van der Waals surface area contributed by atoms with E-state index in [2.05, 4.69) is 12.2 Å². The maximum Gasteiger partial charge on any atom is 0.339 e. The molecule has 0 unspecified atom stereocenters. The van der Waals surface area contributed by atoms with Crippen molar-refractivity contribution in [2.45, 2.75) is 32.6 Å². The summed E-state index contributed by atoms with van der Waals surface area (Å²) in [5.74, 6) is -1.34. The first-order chi connectivity index (χ1) is 8.56. The van der Waals surface area contributed by atoms with Gasteiger partial charge in [0.15, 0.2) is 0 Å². The lowest BCUT2D eigenvalue weighted by molar-refractivity contribution is -0.116. The third-order valence-electron chi connectivity index (χ3n) is 2.51. The molecule has 0 aliphatic heterocycles. The number of hydrogen-bond acceptors (Lipinski definition) is 2. The zero-order chi connectivity index (χ0) is 13.5. The molecule has 1 aromatic carbocycles. The molecule has 1 aromatic rings. The molecule has 18 heavy (non-hydrogen) atoms. The van der Waals surface area contributed by atoms with Gasteiger partial charge in [-0.2, -0.15) is 0 Å². The number of carboxylic acids is 1. The molecule has 0 spiro atoms. The van der Waals surface area contributed by atoms with E-state index in [4.69, 9.17) is 16.7 Å². The lowest BCUT2D eigenvalue weighted by atomic mass is 10.1. The van der Waals surface area contributed by atoms with Gasteiger partial charge in [-0.1, -0.05) is 37.4 Å². The van der Waals surface area contributed by atoms with Crippen LogP contribution in [0.15, 0.2) is 18.2 Å². The molecule has 0 bridgehead atoms. The fourth-order valence-electron chi connectivity index (χ4n) is 1.59. The normalized spacial score (nSPS) is 10.1. The summed E-state index contributed by atoms with van der Waals surface area (Å²) >= 11 is 5.80. The van der Waals surface area contributed by atoms with Gasteiger partial charge in [0.1, 0.15) is 5.56 Å². The Morgan fingerprint density at radius 3 is 2.67 bits per heavy atom. The summed E-state index contributed by atoms with van der Waals surface area (Å²) in [5, 5.41) is 11.7. The summed E-state index contributed by atoms with van der Waals surface area (Å²) < 4.78 is 0. The molecule has 5 heteroatoms. The molecular weight excluding hydrogens is 254 g/mol. The number of anilines is 1. The molecule has 0 aliphatic carbocycles. The number of halogens is 1. The molecule has 0 aromatic heterocycles. The summed E-state index contributed by atoms with van der Waals surface area (Å²) in [5.41, 5.74) is 0.180. The molecule has 1 amide bonds. The highest BCUT2D eigenvalue weighted by atomic mass is 35.5. The van der Waals surface area contributed by atoms with Crippen LogP contribution in [0.25, 0.3) is 0 Å². The monoisotopic (exact) mass is 269 g/mol. The van der Waals surface area contributed by atoms with Crippen LogP contribution < -0.4 is 5.32 Å². The first-order valence-corrected chi connectivity index (χ1v) is 6.25. The summed E-state index contributed by atoms with van der Waals surface area (Å²) in [6.45, 7) is 2.05. The number of nitrogens with one attached hydrogen (secondary N) is 1. The second-order valence-electron chi connectivity index (χ2n) is 3.97. The van der Waals surface area contributed by atoms with Crippen LogP contribution in [0.3, 0.4) is 0 Å². The van der Waals surface area contributed by atoms with Crippen molar-refractivity contribution in [3.05, 3.63) is 28.8 Å². The Labute approximate surface area is 111 Å². The zero-order valence-electron chi connectivity index (χ0n) is 10.2. The van der Waals surface area contributed by atoms with Crippen molar-refractivity contribution in [2.75, 3.05) is 5.32 Å². The number of carbonyl (C=O) groups is 2. The molecule has 0 heterocycles. The van der Waals surface area contributed by atoms with Gasteiger partial charge >= 0.3 is 5.97 Å². The van der Waals surface area contributed by atoms with E-state index in [0.717, 1.165) is 19.3 Å². The Morgan fingerprint density at radius 1 is 1.33 bits per heavy atom. The molecule has 1 rings (SSSR count). The molecule has 2 N–H and O–H groups in total. The van der Waals surface area contributed by atoms with Crippen LogP contribution in [0.2, 0.25) is 5.02 Å². The minimum absolute atomic E-state index is 0.0667. The zero-order valence-corrected chi connectivity index (χ0v) is 11.0. The quantitative estimate of drug-likeness (QED) is 0.776. The Kier molecular flexibility index (Phi) is 5.65. The van der Waals surface area contributed by atoms with E-state index in [-0.39, 0.29) is 22.2 Å². The summed E-state index contributed by atoms with van der Waals surface area (Å²) in [6.07, 6.45) is 3.20. The first kappa shape index (κ1) is 14.5. The van der Waals surface area contributed by atoms with Crippen molar-refractivity contribution in [3.63, 3.8) is 0 Å². The van der Waals surface area contributed by atoms with Gasteiger partial charge in [0.25, 0.3) is 0 Å². The van der Waals surface area contributed by atoms with E-state index < -0.39 is 5.97 Å². The largest absolute Gasteiger partial charge is 0.478 e. The number of amides is 1. The third kappa shape index (κ3) is 4.04. The minimum atomic E-state index is -1.15. The van der Waals surface area contributed by atoms with E-state index in [9.17, 15) is 9.59 Å².